The molecular formula is C18H20ClFN2O5. The third-order valence-electron chi connectivity index (χ3n) is 4.01. The smallest absolute Gasteiger partial charge is 0.349 e. The molecular weight excluding hydrogens is 379 g/mol. The normalized spacial score (nSPS) is 15.8. The van der Waals surface area contributed by atoms with Gasteiger partial charge in [0.05, 0.1) is 29.5 Å². The topological polar surface area (TPSA) is 98.9 Å². The maximum Gasteiger partial charge on any atom is 0.349 e. The molecule has 2 N–H and O–H groups in total. The Morgan fingerprint density at radius 1 is 1.26 bits per heavy atom. The van der Waals surface area contributed by atoms with Crippen LogP contribution in [0.1, 0.15) is 37.6 Å². The predicted molar refractivity (Wildman–Crippen MR) is 96.8 cm³/mol. The number of nitrogens with zero attached hydrogens (tertiary/aromatic N) is 1. The first kappa shape index (κ1) is 20.7. The van der Waals surface area contributed by atoms with E-state index in [1.165, 1.54) is 11.0 Å². The van der Waals surface area contributed by atoms with Gasteiger partial charge in [0.1, 0.15) is 11.6 Å². The van der Waals surface area contributed by atoms with E-state index in [1.54, 1.807) is 20.8 Å². The van der Waals surface area contributed by atoms with Gasteiger partial charge in [0.25, 0.3) is 0 Å². The van der Waals surface area contributed by atoms with Crippen molar-refractivity contribution in [2.45, 2.75) is 33.2 Å². The van der Waals surface area contributed by atoms with E-state index in [-0.39, 0.29) is 47.5 Å². The largest absolute Gasteiger partial charge is 0.462 e. The lowest BCUT2D eigenvalue weighted by Gasteiger charge is -2.37. The fourth-order valence-corrected chi connectivity index (χ4v) is 3.16. The van der Waals surface area contributed by atoms with E-state index in [9.17, 15) is 18.8 Å². The SMILES string of the molecule is CCOC(=O)C(C(=O)OCC)=C(N)N1c2ccc(F)c(Cl)c2C(=O)CC1C. The molecule has 1 aromatic rings. The summed E-state index contributed by atoms with van der Waals surface area (Å²) in [4.78, 5) is 38.4. The van der Waals surface area contributed by atoms with Crippen molar-refractivity contribution in [1.82, 2.24) is 0 Å². The van der Waals surface area contributed by atoms with E-state index in [0.717, 1.165) is 6.07 Å². The summed E-state index contributed by atoms with van der Waals surface area (Å²) in [7, 11) is 0. The van der Waals surface area contributed by atoms with Crippen LogP contribution < -0.4 is 10.6 Å². The third kappa shape index (κ3) is 3.90. The summed E-state index contributed by atoms with van der Waals surface area (Å²) in [5, 5.41) is -0.337. The van der Waals surface area contributed by atoms with Crippen LogP contribution in [-0.4, -0.2) is 37.0 Å². The van der Waals surface area contributed by atoms with Crippen molar-refractivity contribution < 1.29 is 28.2 Å². The summed E-state index contributed by atoms with van der Waals surface area (Å²) in [6.07, 6.45) is -0.0319. The van der Waals surface area contributed by atoms with Gasteiger partial charge in [0, 0.05) is 12.5 Å². The van der Waals surface area contributed by atoms with Gasteiger partial charge in [-0.05, 0) is 32.9 Å². The quantitative estimate of drug-likeness (QED) is 0.352. The highest BCUT2D eigenvalue weighted by Crippen LogP contribution is 2.38. The highest BCUT2D eigenvalue weighted by Gasteiger charge is 2.37. The Hall–Kier alpha value is -2.61. The summed E-state index contributed by atoms with van der Waals surface area (Å²) in [6, 6.07) is 1.90. The zero-order chi connectivity index (χ0) is 20.3. The molecule has 0 saturated carbocycles. The van der Waals surface area contributed by atoms with Crippen LogP contribution in [0.2, 0.25) is 5.02 Å². The summed E-state index contributed by atoms with van der Waals surface area (Å²) >= 11 is 5.97. The number of ether oxygens (including phenoxy) is 2. The number of esters is 2. The Morgan fingerprint density at radius 3 is 2.33 bits per heavy atom. The van der Waals surface area contributed by atoms with Gasteiger partial charge < -0.3 is 20.1 Å². The number of nitrogens with two attached hydrogens (primary N) is 1. The van der Waals surface area contributed by atoms with E-state index in [0.29, 0.717) is 0 Å². The first-order chi connectivity index (χ1) is 12.7. The number of hydrogen-bond acceptors (Lipinski definition) is 7. The Bertz CT molecular complexity index is 804. The lowest BCUT2D eigenvalue weighted by atomic mass is 9.94. The van der Waals surface area contributed by atoms with Crippen LogP contribution >= 0.6 is 11.6 Å². The molecule has 9 heteroatoms. The number of halogens is 2. The second-order valence-corrected chi connectivity index (χ2v) is 6.18. The van der Waals surface area contributed by atoms with Crippen molar-refractivity contribution in [3.63, 3.8) is 0 Å². The molecule has 0 amide bonds. The van der Waals surface area contributed by atoms with Crippen LogP contribution in [0, 0.1) is 5.82 Å². The molecule has 1 unspecified atom stereocenters. The van der Waals surface area contributed by atoms with Gasteiger partial charge in [-0.3, -0.25) is 4.79 Å². The highest BCUT2D eigenvalue weighted by molar-refractivity contribution is 6.35. The van der Waals surface area contributed by atoms with Gasteiger partial charge in [-0.25, -0.2) is 14.0 Å². The van der Waals surface area contributed by atoms with Crippen LogP contribution in [-0.2, 0) is 19.1 Å². The number of fused-ring (bicyclic) bond motifs is 1. The molecule has 0 aromatic heterocycles. The van der Waals surface area contributed by atoms with Crippen molar-refractivity contribution in [3.05, 3.63) is 39.9 Å². The molecule has 1 aromatic carbocycles. The minimum absolute atomic E-state index is 0.0245. The Labute approximate surface area is 160 Å². The summed E-state index contributed by atoms with van der Waals surface area (Å²) in [5.41, 5.74) is 5.81. The molecule has 0 spiro atoms. The zero-order valence-electron chi connectivity index (χ0n) is 15.2. The molecule has 1 heterocycles. The predicted octanol–water partition coefficient (Wildman–Crippen LogP) is 2.56. The van der Waals surface area contributed by atoms with Crippen LogP contribution in [0.25, 0.3) is 0 Å². The van der Waals surface area contributed by atoms with Gasteiger partial charge >= 0.3 is 11.9 Å². The van der Waals surface area contributed by atoms with Crippen molar-refractivity contribution >= 4 is 35.0 Å². The molecule has 0 radical (unpaired) electrons. The minimum atomic E-state index is -0.952. The Morgan fingerprint density at radius 2 is 1.81 bits per heavy atom. The molecule has 1 aliphatic heterocycles. The molecule has 146 valence electrons. The molecule has 0 aliphatic carbocycles. The van der Waals surface area contributed by atoms with Crippen molar-refractivity contribution in [2.24, 2.45) is 5.73 Å². The minimum Gasteiger partial charge on any atom is -0.462 e. The molecule has 0 saturated heterocycles. The van der Waals surface area contributed by atoms with Crippen LogP contribution in [0.4, 0.5) is 10.1 Å². The van der Waals surface area contributed by atoms with Crippen molar-refractivity contribution in [3.8, 4) is 0 Å². The van der Waals surface area contributed by atoms with Crippen LogP contribution in [0.5, 0.6) is 0 Å². The van der Waals surface area contributed by atoms with Gasteiger partial charge in [-0.1, -0.05) is 11.6 Å². The van der Waals surface area contributed by atoms with E-state index in [2.05, 4.69) is 0 Å². The molecule has 1 aliphatic rings. The number of anilines is 1. The molecule has 7 nitrogen and oxygen atoms in total. The number of rotatable bonds is 5. The summed E-state index contributed by atoms with van der Waals surface area (Å²) < 4.78 is 23.7. The van der Waals surface area contributed by atoms with Gasteiger partial charge in [0.15, 0.2) is 11.4 Å². The maximum atomic E-state index is 13.8. The Kier molecular flexibility index (Phi) is 6.43. The van der Waals surface area contributed by atoms with E-state index < -0.39 is 29.4 Å². The van der Waals surface area contributed by atoms with Gasteiger partial charge in [0.2, 0.25) is 0 Å². The number of hydrogen-bond donors (Lipinski definition) is 1. The molecule has 0 fully saturated rings. The van der Waals surface area contributed by atoms with Crippen molar-refractivity contribution in [2.75, 3.05) is 18.1 Å². The zero-order valence-corrected chi connectivity index (χ0v) is 15.9. The average molecular weight is 399 g/mol. The molecule has 1 atom stereocenters. The fraction of sp³-hybridized carbons (Fsp3) is 0.389. The number of benzene rings is 1. The second-order valence-electron chi connectivity index (χ2n) is 5.80. The number of Topliss-reactive ketones (excluding diaryl/α,β-unsaturated/α-hetero) is 1. The van der Waals surface area contributed by atoms with E-state index >= 15 is 0 Å². The Balaban J connectivity index is 2.68. The van der Waals surface area contributed by atoms with Gasteiger partial charge in [-0.15, -0.1) is 0 Å². The molecule has 2 rings (SSSR count). The summed E-state index contributed by atoms with van der Waals surface area (Å²) in [5.74, 6) is -3.27. The number of ketones is 1. The monoisotopic (exact) mass is 398 g/mol. The number of carbonyl (C=O) groups excluding carboxylic acids is 3. The highest BCUT2D eigenvalue weighted by atomic mass is 35.5. The second kappa shape index (κ2) is 8.39. The maximum absolute atomic E-state index is 13.8. The standard InChI is InChI=1S/C18H20ClFN2O5/c1-4-26-17(24)14(18(25)27-5-2)16(21)22-9(3)8-12(23)13-11(22)7-6-10(20)15(13)19/h6-7,9H,4-5,8,21H2,1-3H3. The first-order valence-electron chi connectivity index (χ1n) is 8.38. The van der Waals surface area contributed by atoms with Gasteiger partial charge in [-0.2, -0.15) is 0 Å². The first-order valence-corrected chi connectivity index (χ1v) is 8.76. The van der Waals surface area contributed by atoms with E-state index in [4.69, 9.17) is 26.8 Å². The lowest BCUT2D eigenvalue weighted by Crippen LogP contribution is -2.44. The third-order valence-corrected chi connectivity index (χ3v) is 4.38. The molecule has 0 bridgehead atoms. The average Bonchev–Trinajstić information content (AvgIpc) is 2.58. The molecule has 27 heavy (non-hydrogen) atoms. The van der Waals surface area contributed by atoms with Crippen LogP contribution in [0.15, 0.2) is 23.5 Å². The fourth-order valence-electron chi connectivity index (χ4n) is 2.89. The number of carbonyl (C=O) groups is 3. The lowest BCUT2D eigenvalue weighted by molar-refractivity contribution is -0.146. The summed E-state index contributed by atoms with van der Waals surface area (Å²) in [6.45, 7) is 4.89. The van der Waals surface area contributed by atoms with Crippen molar-refractivity contribution in [1.29, 1.82) is 0 Å². The van der Waals surface area contributed by atoms with Crippen LogP contribution in [0.3, 0.4) is 0 Å². The van der Waals surface area contributed by atoms with E-state index in [1.807, 2.05) is 0 Å².